The summed E-state index contributed by atoms with van der Waals surface area (Å²) in [7, 11) is 0. The van der Waals surface area contributed by atoms with E-state index in [4.69, 9.17) is 0 Å². The molecule has 0 aromatic carbocycles. The molecule has 0 aromatic rings. The molecule has 2 aliphatic carbocycles. The Labute approximate surface area is 213 Å². The number of hydrogen-bond donors (Lipinski definition) is 2. The second kappa shape index (κ2) is 10.4. The molecule has 0 radical (unpaired) electrons. The number of thioether (sulfide) groups is 2. The highest BCUT2D eigenvalue weighted by molar-refractivity contribution is 8.19. The number of nitrogens with one attached hydrogen (secondary N) is 2. The smallest absolute Gasteiger partial charge is 0.243 e. The van der Waals surface area contributed by atoms with Crippen LogP contribution in [0.3, 0.4) is 0 Å². The molecule has 4 rings (SSSR count). The van der Waals surface area contributed by atoms with Crippen LogP contribution in [0.25, 0.3) is 0 Å². The van der Waals surface area contributed by atoms with Crippen molar-refractivity contribution in [3.63, 3.8) is 0 Å². The highest BCUT2D eigenvalue weighted by atomic mass is 32.2. The van der Waals surface area contributed by atoms with Crippen LogP contribution in [0.4, 0.5) is 0 Å². The maximum atomic E-state index is 12.8. The van der Waals surface area contributed by atoms with E-state index >= 15 is 0 Å². The lowest BCUT2D eigenvalue weighted by atomic mass is 9.61. The summed E-state index contributed by atoms with van der Waals surface area (Å²) < 4.78 is 0. The van der Waals surface area contributed by atoms with Gasteiger partial charge in [-0.15, -0.1) is 0 Å². The second-order valence-electron chi connectivity index (χ2n) is 9.57. The second-order valence-corrected chi connectivity index (χ2v) is 11.9. The van der Waals surface area contributed by atoms with Gasteiger partial charge in [-0.1, -0.05) is 62.0 Å². The van der Waals surface area contributed by atoms with Crippen molar-refractivity contribution < 1.29 is 9.59 Å². The zero-order valence-corrected chi connectivity index (χ0v) is 21.0. The summed E-state index contributed by atoms with van der Waals surface area (Å²) in [6, 6.07) is 8.85. The van der Waals surface area contributed by atoms with Crippen LogP contribution < -0.4 is 10.6 Å². The Kier molecular flexibility index (Phi) is 7.46. The Morgan fingerprint density at radius 2 is 1.06 bits per heavy atom. The van der Waals surface area contributed by atoms with Crippen LogP contribution in [0, 0.1) is 68.0 Å². The molecule has 2 saturated carbocycles. The molecule has 8 nitrogen and oxygen atoms in total. The topological polar surface area (TPSA) is 153 Å². The minimum absolute atomic E-state index is 0.349. The first-order valence-electron chi connectivity index (χ1n) is 11.9. The van der Waals surface area contributed by atoms with Crippen molar-refractivity contribution in [2.45, 2.75) is 64.2 Å². The van der Waals surface area contributed by atoms with Gasteiger partial charge in [0.2, 0.25) is 11.8 Å². The van der Waals surface area contributed by atoms with Crippen LogP contribution in [0.15, 0.2) is 21.2 Å². The molecule has 2 unspecified atom stereocenters. The van der Waals surface area contributed by atoms with E-state index in [0.29, 0.717) is 52.0 Å². The first kappa shape index (κ1) is 25.2. The first-order chi connectivity index (χ1) is 17.0. The van der Waals surface area contributed by atoms with Crippen LogP contribution in [0.5, 0.6) is 0 Å². The van der Waals surface area contributed by atoms with Gasteiger partial charge in [0.15, 0.2) is 0 Å². The number of amides is 2. The quantitative estimate of drug-likeness (QED) is 0.534. The molecule has 2 N–H and O–H groups in total. The summed E-state index contributed by atoms with van der Waals surface area (Å²) in [4.78, 5) is 25.6. The lowest BCUT2D eigenvalue weighted by molar-refractivity contribution is -0.127. The number of carbonyl (C=O) groups is 2. The molecule has 180 valence electrons. The summed E-state index contributed by atoms with van der Waals surface area (Å²) in [5.74, 6) is -2.51. The fourth-order valence-electron chi connectivity index (χ4n) is 6.23. The number of nitriles is 4. The minimum atomic E-state index is -0.880. The third-order valence-electron chi connectivity index (χ3n) is 7.93. The van der Waals surface area contributed by atoms with Crippen LogP contribution in [-0.2, 0) is 9.59 Å². The molecule has 2 spiro atoms. The highest BCUT2D eigenvalue weighted by Gasteiger charge is 2.53. The van der Waals surface area contributed by atoms with Gasteiger partial charge in [0.05, 0.1) is 50.6 Å². The van der Waals surface area contributed by atoms with Crippen molar-refractivity contribution in [2.24, 2.45) is 22.7 Å². The van der Waals surface area contributed by atoms with Gasteiger partial charge in [0, 0.05) is 10.8 Å². The van der Waals surface area contributed by atoms with Crippen LogP contribution in [-0.4, -0.2) is 16.9 Å². The molecule has 2 amide bonds. The zero-order valence-electron chi connectivity index (χ0n) is 19.4. The molecule has 0 saturated heterocycles. The van der Waals surface area contributed by atoms with E-state index in [2.05, 4.69) is 34.9 Å². The molecule has 2 atom stereocenters. The third-order valence-corrected chi connectivity index (χ3v) is 10.1. The van der Waals surface area contributed by atoms with E-state index in [9.17, 15) is 30.6 Å². The van der Waals surface area contributed by atoms with Gasteiger partial charge >= 0.3 is 0 Å². The SMILES string of the molecule is N#CC1=C(SCSC2=C(C#N)C3(CCCCC3)C(C#N)C(=O)N2)NC(=O)C(C#N)C12CCCCC2. The van der Waals surface area contributed by atoms with Crippen molar-refractivity contribution in [1.82, 2.24) is 10.6 Å². The Morgan fingerprint density at radius 1 is 0.686 bits per heavy atom. The van der Waals surface area contributed by atoms with Crippen LogP contribution in [0.2, 0.25) is 0 Å². The van der Waals surface area contributed by atoms with Crippen molar-refractivity contribution in [2.75, 3.05) is 5.08 Å². The van der Waals surface area contributed by atoms with Gasteiger partial charge in [-0.2, -0.15) is 21.0 Å². The predicted molar refractivity (Wildman–Crippen MR) is 131 cm³/mol. The lowest BCUT2D eigenvalue weighted by Crippen LogP contribution is -2.48. The minimum Gasteiger partial charge on any atom is -0.319 e. The molecule has 2 fully saturated rings. The number of carbonyl (C=O) groups excluding carboxylic acids is 2. The zero-order chi connectivity index (χ0) is 25.1. The van der Waals surface area contributed by atoms with Crippen LogP contribution in [0.1, 0.15) is 64.2 Å². The first-order valence-corrected chi connectivity index (χ1v) is 13.9. The molecule has 35 heavy (non-hydrogen) atoms. The van der Waals surface area contributed by atoms with Crippen molar-refractivity contribution in [1.29, 1.82) is 21.0 Å². The van der Waals surface area contributed by atoms with Gasteiger partial charge in [-0.3, -0.25) is 9.59 Å². The fraction of sp³-hybridized carbons (Fsp3) is 0.600. The molecule has 0 aromatic heterocycles. The Hall–Kier alpha value is -2.92. The Bertz CT molecular complexity index is 1060. The van der Waals surface area contributed by atoms with Crippen molar-refractivity contribution in [3.8, 4) is 24.3 Å². The molecule has 2 aliphatic heterocycles. The van der Waals surface area contributed by atoms with Crippen molar-refractivity contribution >= 4 is 35.3 Å². The third kappa shape index (κ3) is 4.20. The maximum Gasteiger partial charge on any atom is 0.243 e. The summed E-state index contributed by atoms with van der Waals surface area (Å²) in [5.41, 5.74) is -0.576. The normalized spacial score (nSPS) is 27.3. The molecule has 2 heterocycles. The van der Waals surface area contributed by atoms with E-state index < -0.39 is 22.7 Å². The van der Waals surface area contributed by atoms with E-state index in [1.54, 1.807) is 0 Å². The van der Waals surface area contributed by atoms with Crippen LogP contribution >= 0.6 is 23.5 Å². The summed E-state index contributed by atoms with van der Waals surface area (Å²) in [5, 5.41) is 46.3. The summed E-state index contributed by atoms with van der Waals surface area (Å²) in [6.07, 6.45) is 8.07. The standard InChI is InChI=1S/C25H26N6O2S2/c26-11-16-20(32)30-22(18(13-28)24(16)7-3-1-4-8-24)34-15-35-23-19(14-29)25(9-5-2-6-10-25)17(12-27)21(33)31-23/h16-17H,1-10,15H2,(H,30,32)(H,31,33). The monoisotopic (exact) mass is 506 g/mol. The van der Waals surface area contributed by atoms with Gasteiger partial charge in [0.1, 0.15) is 11.8 Å². The van der Waals surface area contributed by atoms with Crippen molar-refractivity contribution in [3.05, 3.63) is 21.2 Å². The predicted octanol–water partition coefficient (Wildman–Crippen LogP) is 4.32. The summed E-state index contributed by atoms with van der Waals surface area (Å²) >= 11 is 2.56. The summed E-state index contributed by atoms with van der Waals surface area (Å²) in [6.45, 7) is 0. The largest absolute Gasteiger partial charge is 0.319 e. The number of allylic oxidation sites excluding steroid dienone is 2. The number of hydrogen-bond acceptors (Lipinski definition) is 8. The van der Waals surface area contributed by atoms with E-state index in [-0.39, 0.29) is 11.8 Å². The number of rotatable bonds is 4. The van der Waals surface area contributed by atoms with E-state index in [1.165, 1.54) is 23.5 Å². The average molecular weight is 507 g/mol. The van der Waals surface area contributed by atoms with E-state index in [1.807, 2.05) is 0 Å². The molecule has 10 heteroatoms. The highest BCUT2D eigenvalue weighted by Crippen LogP contribution is 2.54. The van der Waals surface area contributed by atoms with Gasteiger partial charge < -0.3 is 10.6 Å². The van der Waals surface area contributed by atoms with Gasteiger partial charge in [-0.05, 0) is 25.7 Å². The van der Waals surface area contributed by atoms with E-state index in [0.717, 1.165) is 38.5 Å². The number of nitrogens with zero attached hydrogens (tertiary/aromatic N) is 4. The fourth-order valence-corrected chi connectivity index (χ4v) is 8.54. The maximum absolute atomic E-state index is 12.8. The molecule has 4 aliphatic rings. The molecular formula is C25H26N6O2S2. The van der Waals surface area contributed by atoms with Gasteiger partial charge in [-0.25, -0.2) is 0 Å². The molecule has 0 bridgehead atoms. The lowest BCUT2D eigenvalue weighted by Gasteiger charge is -2.43. The average Bonchev–Trinajstić information content (AvgIpc) is 2.85. The Balaban J connectivity index is 1.61. The molecular weight excluding hydrogens is 480 g/mol. The van der Waals surface area contributed by atoms with Gasteiger partial charge in [0.25, 0.3) is 0 Å². The Morgan fingerprint density at radius 3 is 1.37 bits per heavy atom.